The first-order valence-electron chi connectivity index (χ1n) is 9.05. The molecule has 0 aliphatic carbocycles. The predicted octanol–water partition coefficient (Wildman–Crippen LogP) is 4.93. The van der Waals surface area contributed by atoms with E-state index in [4.69, 9.17) is 9.47 Å². The highest BCUT2D eigenvalue weighted by molar-refractivity contribution is 6.57. The van der Waals surface area contributed by atoms with Crippen molar-refractivity contribution in [1.29, 1.82) is 0 Å². The Hall–Kier alpha value is -0.803. The molecule has 1 aromatic rings. The minimum absolute atomic E-state index is 0.331. The van der Waals surface area contributed by atoms with Crippen LogP contribution >= 0.6 is 0 Å². The van der Waals surface area contributed by atoms with Crippen molar-refractivity contribution >= 4 is 8.80 Å². The number of hydrogen-bond donors (Lipinski definition) is 0. The summed E-state index contributed by atoms with van der Waals surface area (Å²) in [6.07, 6.45) is 8.55. The van der Waals surface area contributed by atoms with Crippen molar-refractivity contribution in [1.82, 2.24) is 0 Å². The van der Waals surface area contributed by atoms with E-state index in [0.717, 1.165) is 17.9 Å². The van der Waals surface area contributed by atoms with Gasteiger partial charge in [0, 0.05) is 8.80 Å². The molecule has 0 aromatic heterocycles. The zero-order valence-corrected chi connectivity index (χ0v) is 15.7. The molecule has 0 amide bonds. The third-order valence-corrected chi connectivity index (χ3v) is 6.88. The fourth-order valence-corrected chi connectivity index (χ4v) is 4.92. The Morgan fingerprint density at radius 3 is 2.68 bits per heavy atom. The van der Waals surface area contributed by atoms with Crippen LogP contribution in [0.15, 0.2) is 24.3 Å². The van der Waals surface area contributed by atoms with Gasteiger partial charge in [0.15, 0.2) is 0 Å². The summed E-state index contributed by atoms with van der Waals surface area (Å²) in [5.41, 5.74) is 2.27. The monoisotopic (exact) mass is 320 g/mol. The molecule has 124 valence electrons. The molecule has 1 aromatic carbocycles. The standard InChI is InChI=1S/C19H32O2Si/c1-4-5-6-7-8-12-19(22(2)3)16-10-9-11-17(13-16)20-14-18-15-21-18/h9-11,13,18-19,22H,4-8,12,14-15H2,1-3H3. The van der Waals surface area contributed by atoms with Crippen molar-refractivity contribution in [3.8, 4) is 5.75 Å². The van der Waals surface area contributed by atoms with Gasteiger partial charge in [0.2, 0.25) is 0 Å². The Morgan fingerprint density at radius 2 is 2.00 bits per heavy atom. The minimum atomic E-state index is -0.699. The van der Waals surface area contributed by atoms with E-state index in [1.807, 2.05) is 0 Å². The average Bonchev–Trinajstić information content (AvgIpc) is 3.33. The maximum Gasteiger partial charge on any atom is 0.119 e. The number of epoxide rings is 1. The third-order valence-electron chi connectivity index (χ3n) is 4.55. The Kier molecular flexibility index (Phi) is 7.47. The van der Waals surface area contributed by atoms with Gasteiger partial charge in [-0.1, -0.05) is 64.3 Å². The number of ether oxygens (including phenoxy) is 2. The number of hydrogen-bond acceptors (Lipinski definition) is 2. The van der Waals surface area contributed by atoms with Crippen molar-refractivity contribution in [2.24, 2.45) is 0 Å². The summed E-state index contributed by atoms with van der Waals surface area (Å²) in [5.74, 6) is 1.01. The third kappa shape index (κ3) is 6.13. The topological polar surface area (TPSA) is 21.8 Å². The molecule has 0 N–H and O–H groups in total. The second kappa shape index (κ2) is 9.36. The predicted molar refractivity (Wildman–Crippen MR) is 96.7 cm³/mol. The van der Waals surface area contributed by atoms with Crippen LogP contribution in [0.25, 0.3) is 0 Å². The summed E-state index contributed by atoms with van der Waals surface area (Å²) in [4.78, 5) is 0. The SMILES string of the molecule is CCCCCCCC(c1cccc(OCC2CO2)c1)[SiH](C)C. The van der Waals surface area contributed by atoms with Gasteiger partial charge in [-0.25, -0.2) is 0 Å². The fraction of sp³-hybridized carbons (Fsp3) is 0.684. The van der Waals surface area contributed by atoms with Crippen LogP contribution < -0.4 is 4.74 Å². The molecule has 2 atom stereocenters. The first-order valence-corrected chi connectivity index (χ1v) is 12.0. The van der Waals surface area contributed by atoms with Gasteiger partial charge < -0.3 is 9.47 Å². The van der Waals surface area contributed by atoms with Crippen LogP contribution in [-0.2, 0) is 4.74 Å². The van der Waals surface area contributed by atoms with Gasteiger partial charge in [0.05, 0.1) is 6.61 Å². The molecule has 1 aliphatic rings. The molecule has 0 saturated carbocycles. The molecule has 22 heavy (non-hydrogen) atoms. The Balaban J connectivity index is 1.87. The van der Waals surface area contributed by atoms with E-state index in [-0.39, 0.29) is 0 Å². The van der Waals surface area contributed by atoms with Crippen LogP contribution in [0, 0.1) is 0 Å². The zero-order valence-electron chi connectivity index (χ0n) is 14.5. The lowest BCUT2D eigenvalue weighted by Gasteiger charge is -2.21. The smallest absolute Gasteiger partial charge is 0.119 e. The molecule has 3 heteroatoms. The van der Waals surface area contributed by atoms with E-state index < -0.39 is 8.80 Å². The molecule has 2 rings (SSSR count). The molecule has 1 heterocycles. The lowest BCUT2D eigenvalue weighted by atomic mass is 10.0. The quantitative estimate of drug-likeness (QED) is 0.327. The highest BCUT2D eigenvalue weighted by Gasteiger charge is 2.23. The Bertz CT molecular complexity index is 429. The highest BCUT2D eigenvalue weighted by Crippen LogP contribution is 2.28. The van der Waals surface area contributed by atoms with E-state index in [1.54, 1.807) is 0 Å². The van der Waals surface area contributed by atoms with Gasteiger partial charge >= 0.3 is 0 Å². The number of benzene rings is 1. The zero-order chi connectivity index (χ0) is 15.8. The minimum Gasteiger partial charge on any atom is -0.491 e. The van der Waals surface area contributed by atoms with Gasteiger partial charge in [-0.05, 0) is 29.7 Å². The molecule has 2 unspecified atom stereocenters. The molecule has 1 fully saturated rings. The molecule has 0 radical (unpaired) electrons. The first-order chi connectivity index (χ1) is 10.7. The summed E-state index contributed by atoms with van der Waals surface area (Å²) in [6.45, 7) is 8.79. The first kappa shape index (κ1) is 17.5. The highest BCUT2D eigenvalue weighted by atomic mass is 28.3. The normalized spacial score (nSPS) is 18.5. The van der Waals surface area contributed by atoms with E-state index >= 15 is 0 Å². The summed E-state index contributed by atoms with van der Waals surface area (Å²) in [6, 6.07) is 8.79. The van der Waals surface area contributed by atoms with Crippen molar-refractivity contribution in [2.75, 3.05) is 13.2 Å². The van der Waals surface area contributed by atoms with E-state index in [1.165, 1.54) is 44.1 Å². The molecular weight excluding hydrogens is 288 g/mol. The van der Waals surface area contributed by atoms with Gasteiger partial charge in [0.1, 0.15) is 18.5 Å². The van der Waals surface area contributed by atoms with Gasteiger partial charge in [-0.2, -0.15) is 0 Å². The van der Waals surface area contributed by atoms with Crippen molar-refractivity contribution in [3.05, 3.63) is 29.8 Å². The van der Waals surface area contributed by atoms with Gasteiger partial charge in [0.25, 0.3) is 0 Å². The van der Waals surface area contributed by atoms with Crippen LogP contribution in [0.2, 0.25) is 13.1 Å². The van der Waals surface area contributed by atoms with Crippen molar-refractivity contribution < 1.29 is 9.47 Å². The van der Waals surface area contributed by atoms with Crippen LogP contribution in [0.4, 0.5) is 0 Å². The second-order valence-corrected chi connectivity index (χ2v) is 10.2. The summed E-state index contributed by atoms with van der Waals surface area (Å²) >= 11 is 0. The second-order valence-electron chi connectivity index (χ2n) is 6.89. The largest absolute Gasteiger partial charge is 0.491 e. The summed E-state index contributed by atoms with van der Waals surface area (Å²) in [5, 5.41) is 0. The van der Waals surface area contributed by atoms with E-state index in [0.29, 0.717) is 12.7 Å². The molecule has 0 bridgehead atoms. The van der Waals surface area contributed by atoms with E-state index in [9.17, 15) is 0 Å². The maximum absolute atomic E-state index is 5.85. The number of rotatable bonds is 11. The van der Waals surface area contributed by atoms with Gasteiger partial charge in [-0.15, -0.1) is 0 Å². The molecule has 2 nitrogen and oxygen atoms in total. The lowest BCUT2D eigenvalue weighted by Crippen LogP contribution is -2.16. The molecular formula is C19H32O2Si. The maximum atomic E-state index is 5.85. The van der Waals surface area contributed by atoms with Crippen LogP contribution in [0.5, 0.6) is 5.75 Å². The average molecular weight is 321 g/mol. The van der Waals surface area contributed by atoms with Crippen molar-refractivity contribution in [3.63, 3.8) is 0 Å². The molecule has 1 saturated heterocycles. The Morgan fingerprint density at radius 1 is 1.23 bits per heavy atom. The van der Waals surface area contributed by atoms with Crippen LogP contribution in [-0.4, -0.2) is 28.1 Å². The van der Waals surface area contributed by atoms with E-state index in [2.05, 4.69) is 44.3 Å². The molecule has 0 spiro atoms. The van der Waals surface area contributed by atoms with Crippen LogP contribution in [0.3, 0.4) is 0 Å². The van der Waals surface area contributed by atoms with Crippen molar-refractivity contribution in [2.45, 2.75) is 70.2 Å². The van der Waals surface area contributed by atoms with Gasteiger partial charge in [-0.3, -0.25) is 0 Å². The summed E-state index contributed by atoms with van der Waals surface area (Å²) in [7, 11) is -0.699. The number of unbranched alkanes of at least 4 members (excludes halogenated alkanes) is 4. The van der Waals surface area contributed by atoms with Crippen LogP contribution in [0.1, 0.15) is 56.6 Å². The molecule has 1 aliphatic heterocycles. The summed E-state index contributed by atoms with van der Waals surface area (Å²) < 4.78 is 11.1. The lowest BCUT2D eigenvalue weighted by molar-refractivity contribution is 0.263. The Labute approximate surface area is 137 Å². The fourth-order valence-electron chi connectivity index (χ4n) is 3.04.